The first-order valence-electron chi connectivity index (χ1n) is 11.4. The Kier molecular flexibility index (Phi) is 21.9. The Morgan fingerprint density at radius 2 is 1.02 bits per heavy atom. The van der Waals surface area contributed by atoms with Crippen molar-refractivity contribution in [2.45, 2.75) is 70.1 Å². The first-order valence-corrected chi connectivity index (χ1v) is 11.4. The van der Waals surface area contributed by atoms with Gasteiger partial charge in [-0.25, -0.2) is 0 Å². The quantitative estimate of drug-likeness (QED) is 0.0687. The normalized spacial score (nSPS) is 12.3. The lowest BCUT2D eigenvalue weighted by atomic mass is 10.1. The molecular weight excluding hydrogens is 596 g/mol. The van der Waals surface area contributed by atoms with Crippen molar-refractivity contribution in [2.24, 2.45) is 0 Å². The highest BCUT2D eigenvalue weighted by Crippen LogP contribution is 2.33. The van der Waals surface area contributed by atoms with E-state index in [2.05, 4.69) is 22.6 Å². The molecule has 18 heteroatoms. The molecule has 0 N–H and O–H groups in total. The summed E-state index contributed by atoms with van der Waals surface area (Å²) in [5.74, 6) is -0.856. The number of methoxy groups -OCH3 is 2. The number of alkyl halides is 12. The highest BCUT2D eigenvalue weighted by atomic mass is 19.4. The van der Waals surface area contributed by atoms with E-state index in [1.807, 2.05) is 6.08 Å². The molecule has 0 fully saturated rings. The molecule has 0 aromatic rings. The molecule has 0 amide bonds. The van der Waals surface area contributed by atoms with Crippen molar-refractivity contribution in [1.82, 2.24) is 9.80 Å². The lowest BCUT2D eigenvalue weighted by Gasteiger charge is -2.25. The van der Waals surface area contributed by atoms with Crippen LogP contribution in [0, 0.1) is 0 Å². The summed E-state index contributed by atoms with van der Waals surface area (Å²) in [6, 6.07) is 0. The summed E-state index contributed by atoms with van der Waals surface area (Å²) in [5, 5.41) is 0. The third-order valence-corrected chi connectivity index (χ3v) is 4.27. The van der Waals surface area contributed by atoms with Gasteiger partial charge in [0, 0.05) is 19.5 Å². The summed E-state index contributed by atoms with van der Waals surface area (Å²) < 4.78 is 150. The van der Waals surface area contributed by atoms with Gasteiger partial charge >= 0.3 is 37.1 Å². The number of carbonyl (C=O) groups is 2. The van der Waals surface area contributed by atoms with Gasteiger partial charge in [-0.05, 0) is 19.3 Å². The predicted molar refractivity (Wildman–Crippen MR) is 124 cm³/mol. The van der Waals surface area contributed by atoms with E-state index in [-0.39, 0.29) is 12.4 Å². The molecule has 0 aliphatic heterocycles. The van der Waals surface area contributed by atoms with Crippen LogP contribution in [0.4, 0.5) is 52.7 Å². The summed E-state index contributed by atoms with van der Waals surface area (Å²) in [6.45, 7) is 3.72. The molecule has 0 aromatic carbocycles. The maximum atomic E-state index is 11.9. The van der Waals surface area contributed by atoms with Gasteiger partial charge in [0.05, 0.1) is 20.6 Å². The number of hydrogen-bond donors (Lipinski definition) is 0. The van der Waals surface area contributed by atoms with E-state index >= 15 is 0 Å². The van der Waals surface area contributed by atoms with Crippen molar-refractivity contribution < 1.29 is 71.7 Å². The number of halogens is 12. The van der Waals surface area contributed by atoms with Crippen LogP contribution >= 0.6 is 0 Å². The van der Waals surface area contributed by atoms with Gasteiger partial charge in [-0.1, -0.05) is 37.1 Å². The van der Waals surface area contributed by atoms with E-state index in [0.717, 1.165) is 32.4 Å². The zero-order valence-electron chi connectivity index (χ0n) is 22.2. The van der Waals surface area contributed by atoms with Crippen LogP contribution in [0.15, 0.2) is 37.5 Å². The Morgan fingerprint density at radius 1 is 0.610 bits per heavy atom. The molecule has 0 rings (SSSR count). The first-order chi connectivity index (χ1) is 18.6. The molecule has 0 aromatic heterocycles. The Labute approximate surface area is 229 Å². The number of rotatable bonds is 13. The number of hydrogen-bond acceptors (Lipinski definition) is 6. The third kappa shape index (κ3) is 24.7. The Bertz CT molecular complexity index is 749. The molecule has 0 aliphatic carbocycles. The Morgan fingerprint density at radius 3 is 1.37 bits per heavy atom. The van der Waals surface area contributed by atoms with Crippen molar-refractivity contribution in [3.05, 3.63) is 37.5 Å². The minimum absolute atomic E-state index is 0.0984. The summed E-state index contributed by atoms with van der Waals surface area (Å²) in [6.07, 6.45) is -12.3. The lowest BCUT2D eigenvalue weighted by molar-refractivity contribution is -0.370. The Hall–Kier alpha value is -2.76. The standard InChI is InChI=1S/C10H18O2.C8H9F6NO2.C5H5F6N/c1-3-4-5-6-7-8-9-10(11)12-2;1-17-6(16)4-2-3-5-15(7(9,10)11)8(12,13)14;1-2-3-12(4(6,7)8)5(9,10)11/h3H,1,4-9H2,2H3;2-3H,4-5H2,1H3;2H,1,3H2/b;3-2+;. The lowest BCUT2D eigenvalue weighted by Crippen LogP contribution is -2.47. The number of carbonyl (C=O) groups excluding carboxylic acids is 2. The molecule has 0 bridgehead atoms. The molecule has 0 heterocycles. The molecule has 0 saturated heterocycles. The van der Waals surface area contributed by atoms with Gasteiger partial charge in [-0.15, -0.1) is 23.0 Å². The van der Waals surface area contributed by atoms with Crippen LogP contribution in [0.5, 0.6) is 0 Å². The smallest absolute Gasteiger partial charge is 0.467 e. The summed E-state index contributed by atoms with van der Waals surface area (Å²) >= 11 is 0. The van der Waals surface area contributed by atoms with Crippen molar-refractivity contribution in [3.8, 4) is 0 Å². The fraction of sp³-hybridized carbons (Fsp3) is 0.652. The SMILES string of the molecule is C=CCCCCCCC(=O)OC.C=CCN(C(F)(F)F)C(F)(F)F.COC(=O)C/C=C/CN(C(F)(F)F)C(F)(F)F. The molecular formula is C23H32F12N2O4. The number of nitrogens with zero attached hydrogens (tertiary/aromatic N) is 2. The summed E-state index contributed by atoms with van der Waals surface area (Å²) in [4.78, 5) is 18.0. The minimum Gasteiger partial charge on any atom is -0.469 e. The van der Waals surface area contributed by atoms with Crippen LogP contribution in [0.3, 0.4) is 0 Å². The minimum atomic E-state index is -5.52. The maximum absolute atomic E-state index is 11.9. The molecule has 242 valence electrons. The van der Waals surface area contributed by atoms with Gasteiger partial charge < -0.3 is 9.47 Å². The average molecular weight is 628 g/mol. The zero-order valence-corrected chi connectivity index (χ0v) is 22.2. The topological polar surface area (TPSA) is 59.1 Å². The molecule has 0 atom stereocenters. The van der Waals surface area contributed by atoms with Crippen molar-refractivity contribution in [2.75, 3.05) is 27.3 Å². The predicted octanol–water partition coefficient (Wildman–Crippen LogP) is 7.65. The molecule has 0 unspecified atom stereocenters. The second-order valence-corrected chi connectivity index (χ2v) is 7.45. The second kappa shape index (κ2) is 21.0. The summed E-state index contributed by atoms with van der Waals surface area (Å²) in [5.41, 5.74) is 0. The fourth-order valence-corrected chi connectivity index (χ4v) is 2.29. The molecule has 0 radical (unpaired) electrons. The fourth-order valence-electron chi connectivity index (χ4n) is 2.29. The maximum Gasteiger partial charge on any atom is 0.467 e. The van der Waals surface area contributed by atoms with Gasteiger partial charge in [0.2, 0.25) is 0 Å². The van der Waals surface area contributed by atoms with Crippen molar-refractivity contribution >= 4 is 11.9 Å². The van der Waals surface area contributed by atoms with Crippen molar-refractivity contribution in [3.63, 3.8) is 0 Å². The van der Waals surface area contributed by atoms with Crippen LogP contribution in [0.2, 0.25) is 0 Å². The van der Waals surface area contributed by atoms with Gasteiger partial charge in [-0.3, -0.25) is 9.59 Å². The molecule has 6 nitrogen and oxygen atoms in total. The molecule has 0 spiro atoms. The zero-order chi connectivity index (χ0) is 32.9. The largest absolute Gasteiger partial charge is 0.469 e. The van der Waals surface area contributed by atoms with Gasteiger partial charge in [0.1, 0.15) is 0 Å². The van der Waals surface area contributed by atoms with Gasteiger partial charge in [0.15, 0.2) is 0 Å². The van der Waals surface area contributed by atoms with Gasteiger partial charge in [-0.2, -0.15) is 52.7 Å². The van der Waals surface area contributed by atoms with Crippen LogP contribution in [-0.2, 0) is 19.1 Å². The first kappa shape index (κ1) is 42.7. The molecule has 0 saturated carbocycles. The van der Waals surface area contributed by atoms with Crippen LogP contribution in [-0.4, -0.2) is 74.2 Å². The highest BCUT2D eigenvalue weighted by molar-refractivity contribution is 5.70. The van der Waals surface area contributed by atoms with Gasteiger partial charge in [0.25, 0.3) is 0 Å². The van der Waals surface area contributed by atoms with Crippen LogP contribution < -0.4 is 0 Å². The van der Waals surface area contributed by atoms with E-state index in [1.165, 1.54) is 20.0 Å². The van der Waals surface area contributed by atoms with E-state index in [1.54, 1.807) is 0 Å². The van der Waals surface area contributed by atoms with E-state index < -0.39 is 54.1 Å². The number of allylic oxidation sites excluding steroid dienone is 1. The second-order valence-electron chi connectivity index (χ2n) is 7.45. The monoisotopic (exact) mass is 628 g/mol. The van der Waals surface area contributed by atoms with E-state index in [4.69, 9.17) is 0 Å². The highest BCUT2D eigenvalue weighted by Gasteiger charge is 2.53. The number of unbranched alkanes of at least 4 members (excludes halogenated alkanes) is 4. The van der Waals surface area contributed by atoms with Crippen LogP contribution in [0.1, 0.15) is 44.9 Å². The van der Waals surface area contributed by atoms with E-state index in [0.29, 0.717) is 18.6 Å². The molecule has 0 aliphatic rings. The van der Waals surface area contributed by atoms with E-state index in [9.17, 15) is 62.3 Å². The number of ether oxygens (including phenoxy) is 2. The third-order valence-electron chi connectivity index (χ3n) is 4.27. The van der Waals surface area contributed by atoms with Crippen LogP contribution in [0.25, 0.3) is 0 Å². The summed E-state index contributed by atoms with van der Waals surface area (Å²) in [7, 11) is 2.48. The average Bonchev–Trinajstić information content (AvgIpc) is 2.81. The number of esters is 2. The van der Waals surface area contributed by atoms with Crippen molar-refractivity contribution in [1.29, 1.82) is 0 Å². The Balaban J connectivity index is -0.000000542. The molecule has 41 heavy (non-hydrogen) atoms.